The third-order valence-electron chi connectivity index (χ3n) is 1.97. The van der Waals surface area contributed by atoms with E-state index in [0.717, 1.165) is 15.8 Å². The third kappa shape index (κ3) is 3.43. The molecule has 0 saturated heterocycles. The average Bonchev–Trinajstić information content (AvgIpc) is 2.30. The maximum Gasteiger partial charge on any atom is 0.129 e. The van der Waals surface area contributed by atoms with Crippen LogP contribution in [0.5, 0.6) is 0 Å². The maximum absolute atomic E-state index is 4.32. The smallest absolute Gasteiger partial charge is 0.129 e. The van der Waals surface area contributed by atoms with Crippen LogP contribution in [-0.4, -0.2) is 9.78 Å². The van der Waals surface area contributed by atoms with E-state index in [9.17, 15) is 0 Å². The van der Waals surface area contributed by atoms with Crippen molar-refractivity contribution in [1.29, 1.82) is 0 Å². The molecular weight excluding hydrogens is 296 g/mol. The first-order valence-electron chi connectivity index (χ1n) is 4.52. The first-order valence-corrected chi connectivity index (χ1v) is 6.11. The minimum Gasteiger partial charge on any atom is -0.257 e. The second kappa shape index (κ2) is 5.15. The number of rotatable bonds is 4. The molecule has 0 aliphatic carbocycles. The van der Waals surface area contributed by atoms with Crippen LogP contribution >= 0.6 is 31.9 Å². The lowest BCUT2D eigenvalue weighted by Gasteiger charge is -2.10. The van der Waals surface area contributed by atoms with Gasteiger partial charge < -0.3 is 0 Å². The van der Waals surface area contributed by atoms with E-state index in [1.165, 1.54) is 12.8 Å². The van der Waals surface area contributed by atoms with Gasteiger partial charge in [-0.1, -0.05) is 20.3 Å². The highest BCUT2D eigenvalue weighted by Crippen LogP contribution is 2.18. The largest absolute Gasteiger partial charge is 0.257 e. The van der Waals surface area contributed by atoms with E-state index in [2.05, 4.69) is 50.8 Å². The Morgan fingerprint density at radius 1 is 1.54 bits per heavy atom. The van der Waals surface area contributed by atoms with Gasteiger partial charge in [-0.15, -0.1) is 0 Å². The molecule has 0 fully saturated rings. The zero-order chi connectivity index (χ0) is 9.84. The molecule has 0 radical (unpaired) electrons. The van der Waals surface area contributed by atoms with Crippen LogP contribution in [0.3, 0.4) is 0 Å². The minimum absolute atomic E-state index is 0.688. The molecule has 1 aromatic rings. The van der Waals surface area contributed by atoms with Crippen molar-refractivity contribution in [3.05, 3.63) is 15.3 Å². The number of aromatic nitrogens is 2. The third-order valence-corrected chi connectivity index (χ3v) is 2.99. The van der Waals surface area contributed by atoms with Crippen molar-refractivity contribution < 1.29 is 0 Å². The van der Waals surface area contributed by atoms with Crippen LogP contribution in [0, 0.1) is 5.92 Å². The normalized spacial score (nSPS) is 13.2. The second-order valence-corrected chi connectivity index (χ2v) is 4.99. The predicted octanol–water partition coefficient (Wildman–Crippen LogP) is 3.84. The number of halogens is 2. The van der Waals surface area contributed by atoms with Gasteiger partial charge in [-0.3, -0.25) is 4.68 Å². The minimum atomic E-state index is 0.688. The first kappa shape index (κ1) is 11.2. The van der Waals surface area contributed by atoms with Gasteiger partial charge >= 0.3 is 0 Å². The fraction of sp³-hybridized carbons (Fsp3) is 0.667. The summed E-state index contributed by atoms with van der Waals surface area (Å²) in [5.41, 5.74) is 0. The van der Waals surface area contributed by atoms with Crippen LogP contribution in [0.4, 0.5) is 0 Å². The summed E-state index contributed by atoms with van der Waals surface area (Å²) in [6.07, 6.45) is 2.49. The Balaban J connectivity index is 2.57. The van der Waals surface area contributed by atoms with Gasteiger partial charge in [-0.2, -0.15) is 5.10 Å². The quantitative estimate of drug-likeness (QED) is 0.826. The van der Waals surface area contributed by atoms with E-state index >= 15 is 0 Å². The summed E-state index contributed by atoms with van der Waals surface area (Å²) in [6, 6.07) is 1.97. The fourth-order valence-corrected chi connectivity index (χ4v) is 2.53. The second-order valence-electron chi connectivity index (χ2n) is 3.37. The summed E-state index contributed by atoms with van der Waals surface area (Å²) < 4.78 is 3.93. The van der Waals surface area contributed by atoms with Gasteiger partial charge in [0.1, 0.15) is 9.21 Å². The topological polar surface area (TPSA) is 17.8 Å². The molecule has 0 N–H and O–H groups in total. The highest BCUT2D eigenvalue weighted by molar-refractivity contribution is 9.11. The molecule has 0 amide bonds. The lowest BCUT2D eigenvalue weighted by atomic mass is 10.1. The fourth-order valence-electron chi connectivity index (χ4n) is 1.37. The zero-order valence-electron chi connectivity index (χ0n) is 7.93. The van der Waals surface area contributed by atoms with Gasteiger partial charge in [0.05, 0.1) is 0 Å². The van der Waals surface area contributed by atoms with E-state index in [4.69, 9.17) is 0 Å². The monoisotopic (exact) mass is 308 g/mol. The van der Waals surface area contributed by atoms with Gasteiger partial charge in [-0.25, -0.2) is 0 Å². The van der Waals surface area contributed by atoms with Crippen molar-refractivity contribution >= 4 is 31.9 Å². The van der Waals surface area contributed by atoms with Crippen LogP contribution < -0.4 is 0 Å². The molecule has 0 bridgehead atoms. The van der Waals surface area contributed by atoms with E-state index < -0.39 is 0 Å². The lowest BCUT2D eigenvalue weighted by Crippen LogP contribution is -2.08. The summed E-state index contributed by atoms with van der Waals surface area (Å²) in [5, 5.41) is 4.32. The molecule has 0 aliphatic rings. The number of nitrogens with zero attached hydrogens (tertiary/aromatic N) is 2. The van der Waals surface area contributed by atoms with Gasteiger partial charge in [-0.05, 0) is 44.2 Å². The van der Waals surface area contributed by atoms with Crippen LogP contribution in [0.15, 0.2) is 15.3 Å². The Hall–Kier alpha value is 0.170. The highest BCUT2D eigenvalue weighted by atomic mass is 79.9. The summed E-state index contributed by atoms with van der Waals surface area (Å²) in [6.45, 7) is 5.45. The Morgan fingerprint density at radius 2 is 2.23 bits per heavy atom. The first-order chi connectivity index (χ1) is 6.13. The lowest BCUT2D eigenvalue weighted by molar-refractivity contribution is 0.415. The van der Waals surface area contributed by atoms with E-state index in [1.54, 1.807) is 0 Å². The summed E-state index contributed by atoms with van der Waals surface area (Å²) in [5.74, 6) is 0.688. The van der Waals surface area contributed by atoms with Crippen molar-refractivity contribution in [2.24, 2.45) is 5.92 Å². The number of hydrogen-bond donors (Lipinski definition) is 0. The van der Waals surface area contributed by atoms with Crippen molar-refractivity contribution in [2.75, 3.05) is 0 Å². The molecular formula is C9H14Br2N2. The SMILES string of the molecule is CCCC(C)Cn1nc(Br)cc1Br. The van der Waals surface area contributed by atoms with Crippen molar-refractivity contribution in [2.45, 2.75) is 33.2 Å². The molecule has 0 spiro atoms. The molecule has 13 heavy (non-hydrogen) atoms. The Morgan fingerprint density at radius 3 is 2.69 bits per heavy atom. The van der Waals surface area contributed by atoms with Crippen LogP contribution in [0.25, 0.3) is 0 Å². The Labute approximate surface area is 96.0 Å². The van der Waals surface area contributed by atoms with Crippen LogP contribution in [0.2, 0.25) is 0 Å². The molecule has 1 atom stereocenters. The van der Waals surface area contributed by atoms with E-state index in [-0.39, 0.29) is 0 Å². The maximum atomic E-state index is 4.32. The summed E-state index contributed by atoms with van der Waals surface area (Å²) in [7, 11) is 0. The summed E-state index contributed by atoms with van der Waals surface area (Å²) in [4.78, 5) is 0. The predicted molar refractivity (Wildman–Crippen MR) is 61.7 cm³/mol. The van der Waals surface area contributed by atoms with Gasteiger partial charge in [0.15, 0.2) is 0 Å². The van der Waals surface area contributed by atoms with Crippen molar-refractivity contribution in [1.82, 2.24) is 9.78 Å². The van der Waals surface area contributed by atoms with Crippen molar-refractivity contribution in [3.8, 4) is 0 Å². The summed E-state index contributed by atoms with van der Waals surface area (Å²) >= 11 is 6.82. The molecule has 1 heterocycles. The molecule has 0 aromatic carbocycles. The standard InChI is InChI=1S/C9H14Br2N2/c1-3-4-7(2)6-13-9(11)5-8(10)12-13/h5,7H,3-4,6H2,1-2H3. The molecule has 2 nitrogen and oxygen atoms in total. The Kier molecular flexibility index (Phi) is 4.46. The molecule has 4 heteroatoms. The molecule has 0 aliphatic heterocycles. The van der Waals surface area contributed by atoms with Crippen LogP contribution in [-0.2, 0) is 6.54 Å². The molecule has 1 unspecified atom stereocenters. The zero-order valence-corrected chi connectivity index (χ0v) is 11.1. The van der Waals surface area contributed by atoms with Crippen LogP contribution in [0.1, 0.15) is 26.7 Å². The molecule has 1 aromatic heterocycles. The van der Waals surface area contributed by atoms with E-state index in [0.29, 0.717) is 5.92 Å². The highest BCUT2D eigenvalue weighted by Gasteiger charge is 2.07. The van der Waals surface area contributed by atoms with Gasteiger partial charge in [0.25, 0.3) is 0 Å². The van der Waals surface area contributed by atoms with Gasteiger partial charge in [0, 0.05) is 12.6 Å². The number of hydrogen-bond acceptors (Lipinski definition) is 1. The Bertz CT molecular complexity index is 271. The van der Waals surface area contributed by atoms with Gasteiger partial charge in [0.2, 0.25) is 0 Å². The average molecular weight is 310 g/mol. The molecule has 1 rings (SSSR count). The van der Waals surface area contributed by atoms with Crippen molar-refractivity contribution in [3.63, 3.8) is 0 Å². The molecule has 74 valence electrons. The van der Waals surface area contributed by atoms with E-state index in [1.807, 2.05) is 10.7 Å². The molecule has 0 saturated carbocycles.